The first-order valence-electron chi connectivity index (χ1n) is 6.37. The summed E-state index contributed by atoms with van der Waals surface area (Å²) in [6, 6.07) is 10.2. The van der Waals surface area contributed by atoms with Gasteiger partial charge in [-0.3, -0.25) is 0 Å². The number of aromatic nitrogens is 2. The van der Waals surface area contributed by atoms with Gasteiger partial charge in [0.1, 0.15) is 16.5 Å². The molecule has 0 aliphatic rings. The number of anilines is 1. The predicted molar refractivity (Wildman–Crippen MR) is 82.8 cm³/mol. The van der Waals surface area contributed by atoms with Crippen molar-refractivity contribution in [1.82, 2.24) is 9.97 Å². The van der Waals surface area contributed by atoms with Crippen LogP contribution in [-0.2, 0) is 11.2 Å². The van der Waals surface area contributed by atoms with Crippen molar-refractivity contribution in [2.45, 2.75) is 6.42 Å². The van der Waals surface area contributed by atoms with Crippen LogP contribution in [0.15, 0.2) is 35.7 Å². The zero-order chi connectivity index (χ0) is 13.9. The van der Waals surface area contributed by atoms with Crippen LogP contribution in [-0.4, -0.2) is 23.7 Å². The van der Waals surface area contributed by atoms with E-state index in [1.165, 1.54) is 0 Å². The van der Waals surface area contributed by atoms with Crippen LogP contribution in [0.3, 0.4) is 0 Å². The molecule has 2 N–H and O–H groups in total. The van der Waals surface area contributed by atoms with E-state index in [0.717, 1.165) is 27.2 Å². The second kappa shape index (κ2) is 5.56. The smallest absolute Gasteiger partial charge is 0.136 e. The number of rotatable bonds is 4. The maximum absolute atomic E-state index is 6.13. The minimum absolute atomic E-state index is 0.543. The Balaban J connectivity index is 2.09. The van der Waals surface area contributed by atoms with Crippen molar-refractivity contribution in [3.63, 3.8) is 0 Å². The second-order valence-corrected chi connectivity index (χ2v) is 5.32. The normalized spacial score (nSPS) is 11.1. The van der Waals surface area contributed by atoms with Gasteiger partial charge < -0.3 is 10.5 Å². The molecule has 0 amide bonds. The van der Waals surface area contributed by atoms with Gasteiger partial charge in [0.15, 0.2) is 0 Å². The lowest BCUT2D eigenvalue weighted by atomic mass is 10.1. The summed E-state index contributed by atoms with van der Waals surface area (Å²) in [5.74, 6) is 1.28. The fraction of sp³-hybridized carbons (Fsp3) is 0.200. The molecule has 5 heteroatoms. The fourth-order valence-corrected chi connectivity index (χ4v) is 3.12. The summed E-state index contributed by atoms with van der Waals surface area (Å²) >= 11 is 1.60. The minimum Gasteiger partial charge on any atom is -0.384 e. The summed E-state index contributed by atoms with van der Waals surface area (Å²) in [7, 11) is 1.67. The van der Waals surface area contributed by atoms with E-state index in [1.807, 2.05) is 18.2 Å². The molecule has 0 fully saturated rings. The van der Waals surface area contributed by atoms with Gasteiger partial charge in [-0.05, 0) is 5.56 Å². The molecule has 0 spiro atoms. The molecule has 0 aliphatic heterocycles. The maximum atomic E-state index is 6.13. The van der Waals surface area contributed by atoms with Crippen LogP contribution >= 0.6 is 11.3 Å². The largest absolute Gasteiger partial charge is 0.384 e. The highest BCUT2D eigenvalue weighted by Crippen LogP contribution is 2.35. The average Bonchev–Trinajstić information content (AvgIpc) is 2.90. The first-order chi connectivity index (χ1) is 9.79. The van der Waals surface area contributed by atoms with Gasteiger partial charge in [0.2, 0.25) is 0 Å². The molecule has 0 unspecified atom stereocenters. The number of thiophene rings is 1. The molecule has 102 valence electrons. The number of hydrogen-bond acceptors (Lipinski definition) is 5. The monoisotopic (exact) mass is 285 g/mol. The Morgan fingerprint density at radius 1 is 1.20 bits per heavy atom. The standard InChI is InChI=1S/C15H15N3OS/c1-19-8-7-12-17-14(16)13-11(9-20-15(13)18-12)10-5-3-2-4-6-10/h2-6,9H,7-8H2,1H3,(H2,16,17,18). The Hall–Kier alpha value is -1.98. The number of nitrogens with two attached hydrogens (primary N) is 1. The van der Waals surface area contributed by atoms with E-state index < -0.39 is 0 Å². The quantitative estimate of drug-likeness (QED) is 0.800. The third-order valence-electron chi connectivity index (χ3n) is 3.12. The Bertz CT molecular complexity index is 725. The van der Waals surface area contributed by atoms with Gasteiger partial charge in [-0.1, -0.05) is 30.3 Å². The molecule has 0 atom stereocenters. The van der Waals surface area contributed by atoms with Gasteiger partial charge in [0.25, 0.3) is 0 Å². The molecule has 0 saturated carbocycles. The zero-order valence-electron chi connectivity index (χ0n) is 11.2. The molecule has 0 radical (unpaired) electrons. The summed E-state index contributed by atoms with van der Waals surface area (Å²) in [6.45, 7) is 0.599. The third-order valence-corrected chi connectivity index (χ3v) is 3.99. The fourth-order valence-electron chi connectivity index (χ4n) is 2.15. The minimum atomic E-state index is 0.543. The number of nitrogen functional groups attached to an aromatic ring is 1. The van der Waals surface area contributed by atoms with Crippen LogP contribution in [0.2, 0.25) is 0 Å². The van der Waals surface area contributed by atoms with Gasteiger partial charge in [-0.2, -0.15) is 0 Å². The second-order valence-electron chi connectivity index (χ2n) is 4.46. The molecule has 0 saturated heterocycles. The summed E-state index contributed by atoms with van der Waals surface area (Å²) in [5.41, 5.74) is 8.36. The molecule has 20 heavy (non-hydrogen) atoms. The third kappa shape index (κ3) is 2.37. The highest BCUT2D eigenvalue weighted by Gasteiger charge is 2.13. The molecule has 3 aromatic rings. The van der Waals surface area contributed by atoms with Crippen molar-refractivity contribution in [1.29, 1.82) is 0 Å². The summed E-state index contributed by atoms with van der Waals surface area (Å²) in [6.07, 6.45) is 0.676. The lowest BCUT2D eigenvalue weighted by Crippen LogP contribution is -2.03. The lowest BCUT2D eigenvalue weighted by Gasteiger charge is -2.04. The van der Waals surface area contributed by atoms with Crippen molar-refractivity contribution >= 4 is 27.4 Å². The van der Waals surface area contributed by atoms with Gasteiger partial charge in [0.05, 0.1) is 12.0 Å². The van der Waals surface area contributed by atoms with Crippen molar-refractivity contribution in [2.24, 2.45) is 0 Å². The molecule has 3 rings (SSSR count). The Labute approximate surface area is 121 Å². The van der Waals surface area contributed by atoms with E-state index in [0.29, 0.717) is 18.8 Å². The first-order valence-corrected chi connectivity index (χ1v) is 7.25. The first kappa shape index (κ1) is 13.0. The molecule has 4 nitrogen and oxygen atoms in total. The van der Waals surface area contributed by atoms with Crippen LogP contribution in [0.5, 0.6) is 0 Å². The topological polar surface area (TPSA) is 61.0 Å². The van der Waals surface area contributed by atoms with E-state index in [9.17, 15) is 0 Å². The predicted octanol–water partition coefficient (Wildman–Crippen LogP) is 3.13. The number of ether oxygens (including phenoxy) is 1. The number of fused-ring (bicyclic) bond motifs is 1. The zero-order valence-corrected chi connectivity index (χ0v) is 12.0. The molecular weight excluding hydrogens is 270 g/mol. The number of methoxy groups -OCH3 is 1. The lowest BCUT2D eigenvalue weighted by molar-refractivity contribution is 0.200. The number of hydrogen-bond donors (Lipinski definition) is 1. The number of nitrogens with zero attached hydrogens (tertiary/aromatic N) is 2. The molecule has 1 aromatic carbocycles. The van der Waals surface area contributed by atoms with Crippen LogP contribution in [0.4, 0.5) is 5.82 Å². The van der Waals surface area contributed by atoms with E-state index in [2.05, 4.69) is 27.5 Å². The number of benzene rings is 1. The molecule has 0 aliphatic carbocycles. The van der Waals surface area contributed by atoms with Gasteiger partial charge in [0, 0.05) is 24.5 Å². The highest BCUT2D eigenvalue weighted by atomic mass is 32.1. The van der Waals surface area contributed by atoms with Gasteiger partial charge in [-0.15, -0.1) is 11.3 Å². The Morgan fingerprint density at radius 3 is 2.75 bits per heavy atom. The average molecular weight is 285 g/mol. The van der Waals surface area contributed by atoms with E-state index in [-0.39, 0.29) is 0 Å². The molecule has 0 bridgehead atoms. The highest BCUT2D eigenvalue weighted by molar-refractivity contribution is 7.17. The maximum Gasteiger partial charge on any atom is 0.136 e. The van der Waals surface area contributed by atoms with Crippen molar-refractivity contribution in [3.05, 3.63) is 41.5 Å². The van der Waals surface area contributed by atoms with Crippen LogP contribution < -0.4 is 5.73 Å². The van der Waals surface area contributed by atoms with Crippen LogP contribution in [0, 0.1) is 0 Å². The van der Waals surface area contributed by atoms with Crippen molar-refractivity contribution < 1.29 is 4.74 Å². The van der Waals surface area contributed by atoms with Crippen LogP contribution in [0.1, 0.15) is 5.82 Å². The Morgan fingerprint density at radius 2 is 2.00 bits per heavy atom. The summed E-state index contributed by atoms with van der Waals surface area (Å²) in [5, 5.41) is 3.04. The van der Waals surface area contributed by atoms with E-state index in [4.69, 9.17) is 10.5 Å². The van der Waals surface area contributed by atoms with Gasteiger partial charge in [-0.25, -0.2) is 9.97 Å². The molecular formula is C15H15N3OS. The van der Waals surface area contributed by atoms with Crippen molar-refractivity contribution in [3.8, 4) is 11.1 Å². The SMILES string of the molecule is COCCc1nc(N)c2c(-c3ccccc3)csc2n1. The molecule has 2 aromatic heterocycles. The molecule has 2 heterocycles. The van der Waals surface area contributed by atoms with E-state index in [1.54, 1.807) is 18.4 Å². The van der Waals surface area contributed by atoms with E-state index >= 15 is 0 Å². The Kier molecular flexibility index (Phi) is 3.62. The summed E-state index contributed by atoms with van der Waals surface area (Å²) < 4.78 is 5.05. The van der Waals surface area contributed by atoms with Gasteiger partial charge >= 0.3 is 0 Å². The summed E-state index contributed by atoms with van der Waals surface area (Å²) in [4.78, 5) is 9.89. The van der Waals surface area contributed by atoms with Crippen molar-refractivity contribution in [2.75, 3.05) is 19.5 Å². The van der Waals surface area contributed by atoms with Crippen LogP contribution in [0.25, 0.3) is 21.3 Å².